The van der Waals surface area contributed by atoms with Crippen LogP contribution < -0.4 is 5.32 Å². The normalized spacial score (nSPS) is 12.6. The van der Waals surface area contributed by atoms with E-state index in [1.807, 2.05) is 30.3 Å². The van der Waals surface area contributed by atoms with Gasteiger partial charge in [0.1, 0.15) is 0 Å². The molecule has 0 aliphatic carbocycles. The van der Waals surface area contributed by atoms with Crippen LogP contribution >= 0.6 is 11.8 Å². The Morgan fingerprint density at radius 2 is 2.11 bits per heavy atom. The van der Waals surface area contributed by atoms with E-state index in [1.165, 1.54) is 0 Å². The summed E-state index contributed by atoms with van der Waals surface area (Å²) in [7, 11) is 0. The predicted octanol–water partition coefficient (Wildman–Crippen LogP) is 1.75. The Morgan fingerprint density at radius 3 is 2.83 bits per heavy atom. The van der Waals surface area contributed by atoms with Crippen LogP contribution in [0.3, 0.4) is 0 Å². The molecular formula is C12H17N5S. The van der Waals surface area contributed by atoms with Gasteiger partial charge in [-0.2, -0.15) is 4.68 Å². The average molecular weight is 263 g/mol. The molecule has 1 N–H and O–H groups in total. The molecule has 96 valence electrons. The molecule has 5 nitrogen and oxygen atoms in total. The van der Waals surface area contributed by atoms with E-state index >= 15 is 0 Å². The summed E-state index contributed by atoms with van der Waals surface area (Å²) in [4.78, 5) is 0. The summed E-state index contributed by atoms with van der Waals surface area (Å²) in [6.07, 6.45) is 0. The summed E-state index contributed by atoms with van der Waals surface area (Å²) < 4.78 is 1.77. The maximum Gasteiger partial charge on any atom is 0.214 e. The molecule has 0 saturated carbocycles. The average Bonchev–Trinajstić information content (AvgIpc) is 2.86. The first kappa shape index (κ1) is 13.0. The number of nitrogens with one attached hydrogen (secondary N) is 1. The Bertz CT molecular complexity index is 470. The van der Waals surface area contributed by atoms with Gasteiger partial charge < -0.3 is 5.32 Å². The number of para-hydroxylation sites is 1. The van der Waals surface area contributed by atoms with Crippen LogP contribution in [0.1, 0.15) is 13.8 Å². The van der Waals surface area contributed by atoms with E-state index in [4.69, 9.17) is 0 Å². The van der Waals surface area contributed by atoms with E-state index in [2.05, 4.69) is 34.7 Å². The maximum absolute atomic E-state index is 4.06. The van der Waals surface area contributed by atoms with Crippen molar-refractivity contribution >= 4 is 11.8 Å². The van der Waals surface area contributed by atoms with Crippen molar-refractivity contribution in [1.82, 2.24) is 25.5 Å². The van der Waals surface area contributed by atoms with E-state index in [0.29, 0.717) is 6.04 Å². The number of hydrogen-bond acceptors (Lipinski definition) is 5. The van der Waals surface area contributed by atoms with Crippen molar-refractivity contribution in [2.24, 2.45) is 0 Å². The third-order valence-electron chi connectivity index (χ3n) is 2.46. The number of thioether (sulfide) groups is 1. The van der Waals surface area contributed by atoms with E-state index in [0.717, 1.165) is 23.1 Å². The van der Waals surface area contributed by atoms with Crippen LogP contribution in [0.15, 0.2) is 35.5 Å². The van der Waals surface area contributed by atoms with Crippen molar-refractivity contribution in [2.75, 3.05) is 12.3 Å². The number of benzene rings is 1. The van der Waals surface area contributed by atoms with Crippen LogP contribution in [0.4, 0.5) is 0 Å². The van der Waals surface area contributed by atoms with Crippen molar-refractivity contribution in [3.05, 3.63) is 30.3 Å². The standard InChI is InChI=1S/C12H17N5S/c1-3-13-10(2)9-18-12-14-15-16-17(12)11-7-5-4-6-8-11/h4-8,10,13H,3,9H2,1-2H3. The summed E-state index contributed by atoms with van der Waals surface area (Å²) in [5.41, 5.74) is 0.987. The number of tetrazole rings is 1. The van der Waals surface area contributed by atoms with Crippen LogP contribution in [-0.2, 0) is 0 Å². The van der Waals surface area contributed by atoms with Gasteiger partial charge >= 0.3 is 0 Å². The molecule has 2 rings (SSSR count). The molecule has 1 heterocycles. The van der Waals surface area contributed by atoms with Gasteiger partial charge in [0.15, 0.2) is 0 Å². The van der Waals surface area contributed by atoms with Gasteiger partial charge in [-0.05, 0) is 36.0 Å². The maximum atomic E-state index is 4.06. The van der Waals surface area contributed by atoms with E-state index in [1.54, 1.807) is 16.4 Å². The molecule has 0 aliphatic heterocycles. The smallest absolute Gasteiger partial charge is 0.214 e. The second-order valence-electron chi connectivity index (χ2n) is 3.98. The van der Waals surface area contributed by atoms with Crippen molar-refractivity contribution < 1.29 is 0 Å². The molecule has 0 aliphatic rings. The molecule has 0 spiro atoms. The molecule has 2 aromatic rings. The minimum atomic E-state index is 0.445. The van der Waals surface area contributed by atoms with E-state index in [-0.39, 0.29) is 0 Å². The van der Waals surface area contributed by atoms with Crippen LogP contribution in [0.25, 0.3) is 5.69 Å². The first-order valence-electron chi connectivity index (χ1n) is 6.01. The Balaban J connectivity index is 2.05. The fraction of sp³-hybridized carbons (Fsp3) is 0.417. The van der Waals surface area contributed by atoms with Gasteiger partial charge in [0.2, 0.25) is 5.16 Å². The Kier molecular flexibility index (Phi) is 4.72. The third-order valence-corrected chi connectivity index (χ3v) is 3.64. The van der Waals surface area contributed by atoms with Gasteiger partial charge in [-0.25, -0.2) is 0 Å². The highest BCUT2D eigenvalue weighted by molar-refractivity contribution is 7.99. The highest BCUT2D eigenvalue weighted by Gasteiger charge is 2.10. The summed E-state index contributed by atoms with van der Waals surface area (Å²) in [6.45, 7) is 5.24. The second kappa shape index (κ2) is 6.51. The first-order valence-corrected chi connectivity index (χ1v) is 6.99. The monoisotopic (exact) mass is 263 g/mol. The van der Waals surface area contributed by atoms with Gasteiger partial charge in [0.25, 0.3) is 0 Å². The van der Waals surface area contributed by atoms with Crippen molar-refractivity contribution in [3.63, 3.8) is 0 Å². The largest absolute Gasteiger partial charge is 0.314 e. The molecule has 1 aromatic heterocycles. The zero-order chi connectivity index (χ0) is 12.8. The van der Waals surface area contributed by atoms with Crippen molar-refractivity contribution in [3.8, 4) is 5.69 Å². The van der Waals surface area contributed by atoms with Gasteiger partial charge in [-0.3, -0.25) is 0 Å². The van der Waals surface area contributed by atoms with Gasteiger partial charge in [0.05, 0.1) is 5.69 Å². The zero-order valence-electron chi connectivity index (χ0n) is 10.6. The summed E-state index contributed by atoms with van der Waals surface area (Å²) >= 11 is 1.66. The molecule has 1 atom stereocenters. The van der Waals surface area contributed by atoms with E-state index < -0.39 is 0 Å². The zero-order valence-corrected chi connectivity index (χ0v) is 11.4. The lowest BCUT2D eigenvalue weighted by molar-refractivity contribution is 0.619. The van der Waals surface area contributed by atoms with Crippen LogP contribution in [0.2, 0.25) is 0 Å². The molecule has 0 amide bonds. The lowest BCUT2D eigenvalue weighted by Gasteiger charge is -2.10. The van der Waals surface area contributed by atoms with Crippen molar-refractivity contribution in [2.45, 2.75) is 25.0 Å². The summed E-state index contributed by atoms with van der Waals surface area (Å²) in [5, 5.41) is 16.0. The molecular weight excluding hydrogens is 246 g/mol. The predicted molar refractivity (Wildman–Crippen MR) is 73.0 cm³/mol. The topological polar surface area (TPSA) is 55.6 Å². The fourth-order valence-corrected chi connectivity index (χ4v) is 2.48. The number of aromatic nitrogens is 4. The molecule has 1 unspecified atom stereocenters. The number of hydrogen-bond donors (Lipinski definition) is 1. The first-order chi connectivity index (χ1) is 8.81. The number of nitrogens with zero attached hydrogens (tertiary/aromatic N) is 4. The molecule has 0 saturated heterocycles. The molecule has 0 radical (unpaired) electrons. The minimum absolute atomic E-state index is 0.445. The second-order valence-corrected chi connectivity index (χ2v) is 4.97. The van der Waals surface area contributed by atoms with Gasteiger partial charge in [-0.15, -0.1) is 5.10 Å². The highest BCUT2D eigenvalue weighted by atomic mass is 32.2. The third kappa shape index (κ3) is 3.30. The quantitative estimate of drug-likeness (QED) is 0.805. The Morgan fingerprint density at radius 1 is 1.33 bits per heavy atom. The van der Waals surface area contributed by atoms with Gasteiger partial charge in [0, 0.05) is 11.8 Å². The Hall–Kier alpha value is -1.40. The lowest BCUT2D eigenvalue weighted by Crippen LogP contribution is -2.27. The molecule has 6 heteroatoms. The number of rotatable bonds is 6. The van der Waals surface area contributed by atoms with E-state index in [9.17, 15) is 0 Å². The summed E-state index contributed by atoms with van der Waals surface area (Å²) in [5.74, 6) is 0.945. The van der Waals surface area contributed by atoms with Crippen LogP contribution in [0, 0.1) is 0 Å². The molecule has 18 heavy (non-hydrogen) atoms. The Labute approximate surface area is 111 Å². The lowest BCUT2D eigenvalue weighted by atomic mass is 10.3. The highest BCUT2D eigenvalue weighted by Crippen LogP contribution is 2.18. The van der Waals surface area contributed by atoms with Crippen LogP contribution in [0.5, 0.6) is 0 Å². The SMILES string of the molecule is CCNC(C)CSc1nnnn1-c1ccccc1. The van der Waals surface area contributed by atoms with Crippen LogP contribution in [-0.4, -0.2) is 38.5 Å². The minimum Gasteiger partial charge on any atom is -0.314 e. The molecule has 1 aromatic carbocycles. The van der Waals surface area contributed by atoms with Gasteiger partial charge in [-0.1, -0.05) is 36.9 Å². The molecule has 0 fully saturated rings. The van der Waals surface area contributed by atoms with Crippen molar-refractivity contribution in [1.29, 1.82) is 0 Å². The fourth-order valence-electron chi connectivity index (χ4n) is 1.61. The summed E-state index contributed by atoms with van der Waals surface area (Å²) in [6, 6.07) is 10.4. The molecule has 0 bridgehead atoms.